The first-order valence-corrected chi connectivity index (χ1v) is 7.15. The quantitative estimate of drug-likeness (QED) is 0.878. The van der Waals surface area contributed by atoms with Crippen LogP contribution in [0.5, 0.6) is 0 Å². The highest BCUT2D eigenvalue weighted by Crippen LogP contribution is 2.18. The highest BCUT2D eigenvalue weighted by atomic mass is 35.5. The molecular weight excluding hydrogens is 274 g/mol. The zero-order valence-electron chi connectivity index (χ0n) is 12.0. The third kappa shape index (κ3) is 5.47. The molecule has 1 aromatic heterocycles. The Morgan fingerprint density at radius 3 is 2.90 bits per heavy atom. The number of hydrogen-bond donors (Lipinski definition) is 2. The topological polar surface area (TPSA) is 54.0 Å². The lowest BCUT2D eigenvalue weighted by Crippen LogP contribution is -2.30. The molecule has 1 aliphatic heterocycles. The summed E-state index contributed by atoms with van der Waals surface area (Å²) in [5, 5.41) is 6.39. The Bertz CT molecular complexity index is 393. The van der Waals surface area contributed by atoms with Gasteiger partial charge in [-0.15, -0.1) is 12.4 Å². The van der Waals surface area contributed by atoms with Crippen LogP contribution in [0.2, 0.25) is 0 Å². The van der Waals surface area contributed by atoms with E-state index in [9.17, 15) is 4.79 Å². The lowest BCUT2D eigenvalue weighted by molar-refractivity contribution is -0.122. The summed E-state index contributed by atoms with van der Waals surface area (Å²) >= 11 is 0. The number of aromatic nitrogens is 1. The van der Waals surface area contributed by atoms with Crippen molar-refractivity contribution < 1.29 is 4.79 Å². The standard InChI is InChI=1S/C15H23N3O.ClH/c1-12(14-3-2-8-17-11-14)18-15(19)5-4-13-6-9-16-10-7-13;/h2-3,8,11-13,16H,4-7,9-10H2,1H3,(H,18,19);1H. The number of nitrogens with one attached hydrogen (secondary N) is 2. The molecule has 4 nitrogen and oxygen atoms in total. The maximum absolute atomic E-state index is 11.9. The molecular formula is C15H24ClN3O. The van der Waals surface area contributed by atoms with Gasteiger partial charge in [-0.05, 0) is 56.8 Å². The Kier molecular flexibility index (Phi) is 7.55. The first-order valence-electron chi connectivity index (χ1n) is 7.15. The smallest absolute Gasteiger partial charge is 0.220 e. The highest BCUT2D eigenvalue weighted by molar-refractivity contribution is 5.85. The van der Waals surface area contributed by atoms with E-state index in [1.54, 1.807) is 12.4 Å². The summed E-state index contributed by atoms with van der Waals surface area (Å²) in [6.45, 7) is 4.19. The molecule has 5 heteroatoms. The van der Waals surface area contributed by atoms with Crippen molar-refractivity contribution >= 4 is 18.3 Å². The minimum atomic E-state index is 0. The molecule has 0 radical (unpaired) electrons. The number of nitrogens with zero attached hydrogens (tertiary/aromatic N) is 1. The molecule has 2 rings (SSSR count). The van der Waals surface area contributed by atoms with Crippen LogP contribution in [0.15, 0.2) is 24.5 Å². The molecule has 0 saturated carbocycles. The molecule has 0 bridgehead atoms. The van der Waals surface area contributed by atoms with Crippen LogP contribution in [0.1, 0.15) is 44.2 Å². The number of rotatable bonds is 5. The van der Waals surface area contributed by atoms with Gasteiger partial charge in [0.05, 0.1) is 6.04 Å². The average molecular weight is 298 g/mol. The van der Waals surface area contributed by atoms with Gasteiger partial charge in [-0.25, -0.2) is 0 Å². The fourth-order valence-electron chi connectivity index (χ4n) is 2.53. The second kappa shape index (κ2) is 8.93. The van der Waals surface area contributed by atoms with Crippen LogP contribution in [-0.4, -0.2) is 24.0 Å². The average Bonchev–Trinajstić information content (AvgIpc) is 2.47. The van der Waals surface area contributed by atoms with Crippen LogP contribution in [0, 0.1) is 5.92 Å². The highest BCUT2D eigenvalue weighted by Gasteiger charge is 2.15. The Labute approximate surface area is 127 Å². The van der Waals surface area contributed by atoms with Crippen LogP contribution in [-0.2, 0) is 4.79 Å². The lowest BCUT2D eigenvalue weighted by atomic mass is 9.93. The van der Waals surface area contributed by atoms with Crippen LogP contribution in [0.4, 0.5) is 0 Å². The predicted molar refractivity (Wildman–Crippen MR) is 82.9 cm³/mol. The fraction of sp³-hybridized carbons (Fsp3) is 0.600. The molecule has 1 saturated heterocycles. The molecule has 2 N–H and O–H groups in total. The number of halogens is 1. The summed E-state index contributed by atoms with van der Waals surface area (Å²) in [5.74, 6) is 0.857. The second-order valence-electron chi connectivity index (χ2n) is 5.31. The molecule has 1 amide bonds. The first-order chi connectivity index (χ1) is 9.25. The Hall–Kier alpha value is -1.13. The van der Waals surface area contributed by atoms with Crippen molar-refractivity contribution in [1.29, 1.82) is 0 Å². The summed E-state index contributed by atoms with van der Waals surface area (Å²) in [6, 6.07) is 3.92. The van der Waals surface area contributed by atoms with Crippen molar-refractivity contribution in [2.45, 2.75) is 38.6 Å². The summed E-state index contributed by atoms with van der Waals surface area (Å²) in [5.41, 5.74) is 1.05. The number of amides is 1. The summed E-state index contributed by atoms with van der Waals surface area (Å²) in [4.78, 5) is 16.0. The molecule has 1 atom stereocenters. The molecule has 1 aromatic rings. The van der Waals surface area contributed by atoms with Gasteiger partial charge in [-0.3, -0.25) is 9.78 Å². The van der Waals surface area contributed by atoms with Gasteiger partial charge in [-0.2, -0.15) is 0 Å². The van der Waals surface area contributed by atoms with E-state index in [0.717, 1.165) is 25.1 Å². The minimum absolute atomic E-state index is 0. The maximum Gasteiger partial charge on any atom is 0.220 e. The van der Waals surface area contributed by atoms with Crippen LogP contribution >= 0.6 is 12.4 Å². The lowest BCUT2D eigenvalue weighted by Gasteiger charge is -2.22. The van der Waals surface area contributed by atoms with E-state index in [2.05, 4.69) is 15.6 Å². The largest absolute Gasteiger partial charge is 0.350 e. The molecule has 0 spiro atoms. The molecule has 1 aliphatic rings. The number of hydrogen-bond acceptors (Lipinski definition) is 3. The number of pyridine rings is 1. The van der Waals surface area contributed by atoms with E-state index >= 15 is 0 Å². The second-order valence-corrected chi connectivity index (χ2v) is 5.31. The maximum atomic E-state index is 11.9. The number of carbonyl (C=O) groups excluding carboxylic acids is 1. The predicted octanol–water partition coefficient (Wildman–Crippen LogP) is 2.46. The van der Waals surface area contributed by atoms with Gasteiger partial charge in [0, 0.05) is 18.8 Å². The van der Waals surface area contributed by atoms with E-state index in [4.69, 9.17) is 0 Å². The zero-order chi connectivity index (χ0) is 13.5. The van der Waals surface area contributed by atoms with Crippen LogP contribution < -0.4 is 10.6 Å². The minimum Gasteiger partial charge on any atom is -0.350 e. The number of carbonyl (C=O) groups is 1. The van der Waals surface area contributed by atoms with E-state index in [0.29, 0.717) is 12.3 Å². The van der Waals surface area contributed by atoms with Crippen molar-refractivity contribution in [3.05, 3.63) is 30.1 Å². The summed E-state index contributed by atoms with van der Waals surface area (Å²) < 4.78 is 0. The first kappa shape index (κ1) is 16.9. The third-order valence-electron chi connectivity index (χ3n) is 3.80. The summed E-state index contributed by atoms with van der Waals surface area (Å²) in [7, 11) is 0. The van der Waals surface area contributed by atoms with Crippen molar-refractivity contribution in [1.82, 2.24) is 15.6 Å². The van der Waals surface area contributed by atoms with Crippen LogP contribution in [0.3, 0.4) is 0 Å². The monoisotopic (exact) mass is 297 g/mol. The number of piperidine rings is 1. The molecule has 0 aromatic carbocycles. The van der Waals surface area contributed by atoms with E-state index < -0.39 is 0 Å². The molecule has 112 valence electrons. The molecule has 20 heavy (non-hydrogen) atoms. The fourth-order valence-corrected chi connectivity index (χ4v) is 2.53. The van der Waals surface area contributed by atoms with E-state index in [-0.39, 0.29) is 24.4 Å². The van der Waals surface area contributed by atoms with E-state index in [1.807, 2.05) is 19.1 Å². The van der Waals surface area contributed by atoms with Gasteiger partial charge >= 0.3 is 0 Å². The molecule has 1 unspecified atom stereocenters. The van der Waals surface area contributed by atoms with Gasteiger partial charge in [0.1, 0.15) is 0 Å². The SMILES string of the molecule is CC(NC(=O)CCC1CCNCC1)c1cccnc1.Cl. The van der Waals surface area contributed by atoms with Crippen molar-refractivity contribution in [2.75, 3.05) is 13.1 Å². The van der Waals surface area contributed by atoms with Gasteiger partial charge in [0.15, 0.2) is 0 Å². The normalized spacial score (nSPS) is 17.1. The van der Waals surface area contributed by atoms with Gasteiger partial charge in [0.25, 0.3) is 0 Å². The van der Waals surface area contributed by atoms with Crippen molar-refractivity contribution in [3.63, 3.8) is 0 Å². The van der Waals surface area contributed by atoms with Gasteiger partial charge in [-0.1, -0.05) is 6.07 Å². The Balaban J connectivity index is 0.00000200. The molecule has 2 heterocycles. The Morgan fingerprint density at radius 1 is 1.50 bits per heavy atom. The van der Waals surface area contributed by atoms with Crippen molar-refractivity contribution in [3.8, 4) is 0 Å². The third-order valence-corrected chi connectivity index (χ3v) is 3.80. The summed E-state index contributed by atoms with van der Waals surface area (Å²) in [6.07, 6.45) is 7.59. The van der Waals surface area contributed by atoms with E-state index in [1.165, 1.54) is 12.8 Å². The van der Waals surface area contributed by atoms with Gasteiger partial charge < -0.3 is 10.6 Å². The Morgan fingerprint density at radius 2 is 2.25 bits per heavy atom. The molecule has 0 aliphatic carbocycles. The van der Waals surface area contributed by atoms with Gasteiger partial charge in [0.2, 0.25) is 5.91 Å². The molecule has 1 fully saturated rings. The van der Waals surface area contributed by atoms with Crippen molar-refractivity contribution in [2.24, 2.45) is 5.92 Å². The van der Waals surface area contributed by atoms with Crippen LogP contribution in [0.25, 0.3) is 0 Å². The zero-order valence-corrected chi connectivity index (χ0v) is 12.8.